The van der Waals surface area contributed by atoms with Crippen molar-refractivity contribution in [1.29, 1.82) is 0 Å². The van der Waals surface area contributed by atoms with Crippen LogP contribution in [0.5, 0.6) is 0 Å². The number of thiophene rings is 1. The molecule has 0 aliphatic rings. The highest BCUT2D eigenvalue weighted by Gasteiger charge is 2.05. The maximum Gasteiger partial charge on any atom is 0.153 e. The Hall–Kier alpha value is -1.94. The van der Waals surface area contributed by atoms with Crippen molar-refractivity contribution in [2.75, 3.05) is 0 Å². The number of aryl methyl sites for hydroxylation is 1. The molecule has 3 nitrogen and oxygen atoms in total. The lowest BCUT2D eigenvalue weighted by Gasteiger charge is -2.02. The van der Waals surface area contributed by atoms with Crippen LogP contribution in [0.25, 0.3) is 16.4 Å². The topological polar surface area (TPSA) is 30.7 Å². The summed E-state index contributed by atoms with van der Waals surface area (Å²) in [5.74, 6) is 0.869. The zero-order valence-corrected chi connectivity index (χ0v) is 12.3. The van der Waals surface area contributed by atoms with Crippen molar-refractivity contribution in [2.24, 2.45) is 0 Å². The van der Waals surface area contributed by atoms with E-state index in [9.17, 15) is 0 Å². The molecule has 3 rings (SSSR count). The average Bonchev–Trinajstić information content (AvgIpc) is 3.16. The van der Waals surface area contributed by atoms with Gasteiger partial charge in [0.25, 0.3) is 0 Å². The smallest absolute Gasteiger partial charge is 0.153 e. The van der Waals surface area contributed by atoms with Crippen LogP contribution in [0.4, 0.5) is 0 Å². The number of pyridine rings is 1. The van der Waals surface area contributed by atoms with E-state index in [2.05, 4.69) is 34.5 Å². The van der Waals surface area contributed by atoms with Gasteiger partial charge in [-0.25, -0.2) is 9.67 Å². The number of aromatic nitrogens is 3. The van der Waals surface area contributed by atoms with Crippen LogP contribution >= 0.6 is 11.3 Å². The van der Waals surface area contributed by atoms with Gasteiger partial charge in [-0.2, -0.15) is 5.10 Å². The fraction of sp³-hybridized carbons (Fsp3) is 0.250. The third kappa shape index (κ3) is 2.80. The van der Waals surface area contributed by atoms with Gasteiger partial charge in [-0.05, 0) is 42.0 Å². The summed E-state index contributed by atoms with van der Waals surface area (Å²) in [5, 5.41) is 6.64. The van der Waals surface area contributed by atoms with Gasteiger partial charge in [0.15, 0.2) is 5.82 Å². The predicted octanol–water partition coefficient (Wildman–Crippen LogP) is 4.34. The molecule has 0 fully saturated rings. The third-order valence-electron chi connectivity index (χ3n) is 3.23. The van der Waals surface area contributed by atoms with Crippen LogP contribution in [-0.4, -0.2) is 14.8 Å². The molecular formula is C16H17N3S. The Balaban J connectivity index is 1.79. The van der Waals surface area contributed by atoms with Gasteiger partial charge in [-0.1, -0.05) is 25.5 Å². The van der Waals surface area contributed by atoms with Crippen LogP contribution in [0.2, 0.25) is 0 Å². The Labute approximate surface area is 122 Å². The van der Waals surface area contributed by atoms with Gasteiger partial charge < -0.3 is 0 Å². The molecule has 0 aliphatic heterocycles. The fourth-order valence-electron chi connectivity index (χ4n) is 2.09. The molecule has 0 bridgehead atoms. The van der Waals surface area contributed by atoms with E-state index in [1.54, 1.807) is 11.3 Å². The normalized spacial score (nSPS) is 10.8. The molecule has 0 spiro atoms. The monoisotopic (exact) mass is 283 g/mol. The molecule has 0 aromatic carbocycles. The van der Waals surface area contributed by atoms with Crippen molar-refractivity contribution < 1.29 is 0 Å². The van der Waals surface area contributed by atoms with E-state index >= 15 is 0 Å². The highest BCUT2D eigenvalue weighted by atomic mass is 32.1. The standard InChI is InChI=1S/C16H17N3S/c1-2-3-5-13-7-8-16(17-12-13)19-10-9-14(18-19)15-6-4-11-20-15/h4,6-12H,2-3,5H2,1H3. The van der Waals surface area contributed by atoms with Crippen molar-refractivity contribution in [3.63, 3.8) is 0 Å². The Morgan fingerprint density at radius 2 is 2.15 bits per heavy atom. The van der Waals surface area contributed by atoms with E-state index in [4.69, 9.17) is 0 Å². The molecule has 0 N–H and O–H groups in total. The summed E-state index contributed by atoms with van der Waals surface area (Å²) in [6.45, 7) is 2.21. The van der Waals surface area contributed by atoms with E-state index in [1.165, 1.54) is 23.3 Å². The number of hydrogen-bond acceptors (Lipinski definition) is 3. The molecule has 3 aromatic heterocycles. The van der Waals surface area contributed by atoms with Gasteiger partial charge in [0, 0.05) is 12.4 Å². The van der Waals surface area contributed by atoms with Crippen molar-refractivity contribution in [1.82, 2.24) is 14.8 Å². The van der Waals surface area contributed by atoms with E-state index in [0.29, 0.717) is 0 Å². The van der Waals surface area contributed by atoms with E-state index in [-0.39, 0.29) is 0 Å². The third-order valence-corrected chi connectivity index (χ3v) is 4.12. The second-order valence-corrected chi connectivity index (χ2v) is 5.70. The predicted molar refractivity (Wildman–Crippen MR) is 83.3 cm³/mol. The molecule has 0 saturated carbocycles. The molecule has 0 radical (unpaired) electrons. The minimum absolute atomic E-state index is 0.869. The number of hydrogen-bond donors (Lipinski definition) is 0. The Morgan fingerprint density at radius 3 is 2.85 bits per heavy atom. The molecular weight excluding hydrogens is 266 g/mol. The Bertz CT molecular complexity index is 653. The quantitative estimate of drug-likeness (QED) is 0.697. The molecule has 3 aromatic rings. The van der Waals surface area contributed by atoms with Gasteiger partial charge in [-0.3, -0.25) is 0 Å². The van der Waals surface area contributed by atoms with Crippen LogP contribution in [-0.2, 0) is 6.42 Å². The molecule has 0 unspecified atom stereocenters. The summed E-state index contributed by atoms with van der Waals surface area (Å²) < 4.78 is 1.83. The minimum Gasteiger partial charge on any atom is -0.237 e. The molecule has 3 heterocycles. The lowest BCUT2D eigenvalue weighted by Crippen LogP contribution is -1.98. The van der Waals surface area contributed by atoms with Crippen LogP contribution in [0, 0.1) is 0 Å². The molecule has 0 atom stereocenters. The van der Waals surface area contributed by atoms with Crippen molar-refractivity contribution >= 4 is 11.3 Å². The highest BCUT2D eigenvalue weighted by molar-refractivity contribution is 7.13. The maximum atomic E-state index is 4.58. The summed E-state index contributed by atoms with van der Waals surface area (Å²) >= 11 is 1.70. The van der Waals surface area contributed by atoms with Gasteiger partial charge in [-0.15, -0.1) is 11.3 Å². The van der Waals surface area contributed by atoms with Crippen LogP contribution < -0.4 is 0 Å². The van der Waals surface area contributed by atoms with Crippen LogP contribution in [0.1, 0.15) is 25.3 Å². The largest absolute Gasteiger partial charge is 0.237 e. The number of nitrogens with zero attached hydrogens (tertiary/aromatic N) is 3. The summed E-state index contributed by atoms with van der Waals surface area (Å²) in [6.07, 6.45) is 7.44. The molecule has 0 amide bonds. The molecule has 20 heavy (non-hydrogen) atoms. The number of rotatable bonds is 5. The summed E-state index contributed by atoms with van der Waals surface area (Å²) in [4.78, 5) is 5.68. The van der Waals surface area contributed by atoms with Gasteiger partial charge in [0.1, 0.15) is 5.69 Å². The molecule has 4 heteroatoms. The SMILES string of the molecule is CCCCc1ccc(-n2ccc(-c3cccs3)n2)nc1. The van der Waals surface area contributed by atoms with Gasteiger partial charge >= 0.3 is 0 Å². The van der Waals surface area contributed by atoms with Gasteiger partial charge in [0.2, 0.25) is 0 Å². The Kier molecular flexibility index (Phi) is 3.92. The van der Waals surface area contributed by atoms with Crippen molar-refractivity contribution in [3.05, 3.63) is 53.7 Å². The van der Waals surface area contributed by atoms with Crippen LogP contribution in [0.3, 0.4) is 0 Å². The maximum absolute atomic E-state index is 4.58. The molecule has 0 aliphatic carbocycles. The first-order valence-corrected chi connectivity index (χ1v) is 7.79. The zero-order valence-electron chi connectivity index (χ0n) is 11.5. The summed E-state index contributed by atoms with van der Waals surface area (Å²) in [6, 6.07) is 10.3. The second kappa shape index (κ2) is 6.01. The minimum atomic E-state index is 0.869. The number of unbranched alkanes of at least 4 members (excludes halogenated alkanes) is 1. The van der Waals surface area contributed by atoms with E-state index < -0.39 is 0 Å². The molecule has 102 valence electrons. The average molecular weight is 283 g/mol. The summed E-state index contributed by atoms with van der Waals surface area (Å²) in [5.41, 5.74) is 2.29. The lowest BCUT2D eigenvalue weighted by molar-refractivity contribution is 0.787. The summed E-state index contributed by atoms with van der Waals surface area (Å²) in [7, 11) is 0. The lowest BCUT2D eigenvalue weighted by atomic mass is 10.1. The second-order valence-electron chi connectivity index (χ2n) is 4.75. The van der Waals surface area contributed by atoms with Crippen molar-refractivity contribution in [3.8, 4) is 16.4 Å². The first-order chi connectivity index (χ1) is 9.86. The Morgan fingerprint density at radius 1 is 1.20 bits per heavy atom. The highest BCUT2D eigenvalue weighted by Crippen LogP contribution is 2.23. The fourth-order valence-corrected chi connectivity index (χ4v) is 2.78. The van der Waals surface area contributed by atoms with E-state index in [0.717, 1.165) is 17.9 Å². The molecule has 0 saturated heterocycles. The van der Waals surface area contributed by atoms with E-state index in [1.807, 2.05) is 35.3 Å². The zero-order chi connectivity index (χ0) is 13.8. The first-order valence-electron chi connectivity index (χ1n) is 6.91. The van der Waals surface area contributed by atoms with Crippen molar-refractivity contribution in [2.45, 2.75) is 26.2 Å². The van der Waals surface area contributed by atoms with Gasteiger partial charge in [0.05, 0.1) is 4.88 Å². The first kappa shape index (κ1) is 13.1. The van der Waals surface area contributed by atoms with Crippen LogP contribution in [0.15, 0.2) is 48.1 Å².